The van der Waals surface area contributed by atoms with Crippen molar-refractivity contribution in [1.82, 2.24) is 10.6 Å². The fraction of sp³-hybridized carbons (Fsp3) is 0.562. The quantitative estimate of drug-likeness (QED) is 0.814. The minimum Gasteiger partial charge on any atom is -0.352 e. The number of nitrogens with one attached hydrogen (secondary N) is 2. The predicted octanol–water partition coefficient (Wildman–Crippen LogP) is 3.34. The van der Waals surface area contributed by atoms with Gasteiger partial charge in [-0.3, -0.25) is 4.79 Å². The highest BCUT2D eigenvalue weighted by atomic mass is 35.5. The molecule has 1 heterocycles. The summed E-state index contributed by atoms with van der Waals surface area (Å²) in [6.45, 7) is 7.19. The van der Waals surface area contributed by atoms with Crippen LogP contribution in [0.1, 0.15) is 37.0 Å². The summed E-state index contributed by atoms with van der Waals surface area (Å²) >= 11 is 1.74. The summed E-state index contributed by atoms with van der Waals surface area (Å²) in [4.78, 5) is 13.4. The van der Waals surface area contributed by atoms with Crippen molar-refractivity contribution in [1.29, 1.82) is 0 Å². The number of halogens is 1. The molecular formula is C16H25ClN2OS. The molecule has 1 aromatic rings. The van der Waals surface area contributed by atoms with Gasteiger partial charge in [-0.05, 0) is 44.0 Å². The molecular weight excluding hydrogens is 304 g/mol. The van der Waals surface area contributed by atoms with E-state index in [2.05, 4.69) is 24.5 Å². The zero-order valence-electron chi connectivity index (χ0n) is 12.7. The summed E-state index contributed by atoms with van der Waals surface area (Å²) in [6, 6.07) is 7.87. The van der Waals surface area contributed by atoms with Gasteiger partial charge >= 0.3 is 0 Å². The number of hydrogen-bond donors (Lipinski definition) is 2. The number of rotatable bonds is 5. The Bertz CT molecular complexity index is 448. The molecule has 0 spiro atoms. The van der Waals surface area contributed by atoms with Gasteiger partial charge in [0.2, 0.25) is 0 Å². The number of hydrogen-bond acceptors (Lipinski definition) is 3. The van der Waals surface area contributed by atoms with E-state index in [1.54, 1.807) is 11.8 Å². The second kappa shape index (κ2) is 9.34. The maximum absolute atomic E-state index is 12.3. The van der Waals surface area contributed by atoms with Gasteiger partial charge in [-0.1, -0.05) is 26.0 Å². The molecule has 0 radical (unpaired) electrons. The van der Waals surface area contributed by atoms with E-state index in [-0.39, 0.29) is 18.3 Å². The van der Waals surface area contributed by atoms with Gasteiger partial charge in [-0.15, -0.1) is 24.2 Å². The van der Waals surface area contributed by atoms with E-state index in [1.807, 2.05) is 24.3 Å². The average Bonchev–Trinajstić information content (AvgIpc) is 2.46. The zero-order chi connectivity index (χ0) is 14.4. The first-order valence-electron chi connectivity index (χ1n) is 7.41. The van der Waals surface area contributed by atoms with E-state index in [0.717, 1.165) is 30.1 Å². The minimum absolute atomic E-state index is 0. The van der Waals surface area contributed by atoms with Gasteiger partial charge in [0.05, 0.1) is 5.56 Å². The lowest BCUT2D eigenvalue weighted by atomic mass is 10.00. The lowest BCUT2D eigenvalue weighted by Crippen LogP contribution is -2.38. The van der Waals surface area contributed by atoms with Crippen LogP contribution in [0.15, 0.2) is 29.2 Å². The molecule has 1 fully saturated rings. The number of benzene rings is 1. The van der Waals surface area contributed by atoms with E-state index < -0.39 is 0 Å². The van der Waals surface area contributed by atoms with Crippen LogP contribution in [0.3, 0.4) is 0 Å². The van der Waals surface area contributed by atoms with Crippen LogP contribution < -0.4 is 10.6 Å². The second-order valence-electron chi connectivity index (χ2n) is 5.59. The Balaban J connectivity index is 0.00000220. The van der Waals surface area contributed by atoms with Crippen LogP contribution in [0.2, 0.25) is 0 Å². The average molecular weight is 329 g/mol. The van der Waals surface area contributed by atoms with Gasteiger partial charge in [0.1, 0.15) is 0 Å². The standard InChI is InChI=1S/C16H24N2OS.ClH/c1-12(2)20-15-8-4-3-7-14(15)16(19)18-11-13-6-5-9-17-10-13;/h3-4,7-8,12-13,17H,5-6,9-11H2,1-2H3,(H,18,19);1H. The van der Waals surface area contributed by atoms with Crippen molar-refractivity contribution in [3.8, 4) is 0 Å². The van der Waals surface area contributed by atoms with Gasteiger partial charge < -0.3 is 10.6 Å². The van der Waals surface area contributed by atoms with Crippen molar-refractivity contribution >= 4 is 30.1 Å². The molecule has 2 N–H and O–H groups in total. The summed E-state index contributed by atoms with van der Waals surface area (Å²) in [5, 5.41) is 6.95. The molecule has 1 amide bonds. The summed E-state index contributed by atoms with van der Waals surface area (Å²) in [5.41, 5.74) is 0.801. The Kier molecular flexibility index (Phi) is 8.15. The third kappa shape index (κ3) is 5.89. The van der Waals surface area contributed by atoms with Crippen molar-refractivity contribution in [2.75, 3.05) is 19.6 Å². The van der Waals surface area contributed by atoms with Crippen molar-refractivity contribution in [2.24, 2.45) is 5.92 Å². The Morgan fingerprint density at radius 1 is 1.43 bits per heavy atom. The van der Waals surface area contributed by atoms with E-state index in [4.69, 9.17) is 0 Å². The molecule has 1 aliphatic rings. The number of carbonyl (C=O) groups excluding carboxylic acids is 1. The zero-order valence-corrected chi connectivity index (χ0v) is 14.4. The molecule has 0 saturated carbocycles. The fourth-order valence-electron chi connectivity index (χ4n) is 2.44. The van der Waals surface area contributed by atoms with Gasteiger partial charge in [-0.25, -0.2) is 0 Å². The Hall–Kier alpha value is -0.710. The molecule has 1 aromatic carbocycles. The molecule has 2 rings (SSSR count). The Morgan fingerprint density at radius 2 is 2.19 bits per heavy atom. The van der Waals surface area contributed by atoms with Crippen molar-refractivity contribution in [2.45, 2.75) is 36.8 Å². The number of thioether (sulfide) groups is 1. The number of piperidine rings is 1. The summed E-state index contributed by atoms with van der Waals surface area (Å²) in [5.74, 6) is 0.622. The number of amides is 1. The topological polar surface area (TPSA) is 41.1 Å². The van der Waals surface area contributed by atoms with Crippen molar-refractivity contribution < 1.29 is 4.79 Å². The van der Waals surface area contributed by atoms with Crippen LogP contribution in [0.4, 0.5) is 0 Å². The summed E-state index contributed by atoms with van der Waals surface area (Å²) in [7, 11) is 0. The monoisotopic (exact) mass is 328 g/mol. The fourth-order valence-corrected chi connectivity index (χ4v) is 3.39. The molecule has 3 nitrogen and oxygen atoms in total. The second-order valence-corrected chi connectivity index (χ2v) is 7.20. The van der Waals surface area contributed by atoms with E-state index >= 15 is 0 Å². The number of carbonyl (C=O) groups is 1. The van der Waals surface area contributed by atoms with Crippen LogP contribution in [-0.2, 0) is 0 Å². The highest BCUT2D eigenvalue weighted by Gasteiger charge is 2.16. The van der Waals surface area contributed by atoms with E-state index in [9.17, 15) is 4.79 Å². The van der Waals surface area contributed by atoms with Gasteiger partial charge in [0.15, 0.2) is 0 Å². The van der Waals surface area contributed by atoms with E-state index in [0.29, 0.717) is 11.2 Å². The SMILES string of the molecule is CC(C)Sc1ccccc1C(=O)NCC1CCCNC1.Cl. The normalized spacial score (nSPS) is 18.1. The maximum atomic E-state index is 12.3. The molecule has 118 valence electrons. The van der Waals surface area contributed by atoms with Crippen LogP contribution in [0.25, 0.3) is 0 Å². The summed E-state index contributed by atoms with van der Waals surface area (Å²) < 4.78 is 0. The smallest absolute Gasteiger partial charge is 0.252 e. The van der Waals surface area contributed by atoms with Crippen LogP contribution in [-0.4, -0.2) is 30.8 Å². The van der Waals surface area contributed by atoms with Crippen LogP contribution in [0.5, 0.6) is 0 Å². The maximum Gasteiger partial charge on any atom is 0.252 e. The van der Waals surface area contributed by atoms with Gasteiger partial charge in [-0.2, -0.15) is 0 Å². The highest BCUT2D eigenvalue weighted by molar-refractivity contribution is 8.00. The largest absolute Gasteiger partial charge is 0.352 e. The minimum atomic E-state index is 0. The van der Waals surface area contributed by atoms with Gasteiger partial charge in [0, 0.05) is 16.7 Å². The Morgan fingerprint density at radius 3 is 2.86 bits per heavy atom. The molecule has 0 bridgehead atoms. The molecule has 0 aliphatic carbocycles. The Labute approximate surface area is 138 Å². The first kappa shape index (κ1) is 18.3. The third-order valence-electron chi connectivity index (χ3n) is 3.44. The third-order valence-corrected chi connectivity index (χ3v) is 4.53. The van der Waals surface area contributed by atoms with Crippen LogP contribution >= 0.6 is 24.2 Å². The summed E-state index contributed by atoms with van der Waals surface area (Å²) in [6.07, 6.45) is 2.41. The highest BCUT2D eigenvalue weighted by Crippen LogP contribution is 2.26. The molecule has 1 saturated heterocycles. The molecule has 1 unspecified atom stereocenters. The van der Waals surface area contributed by atoms with Crippen LogP contribution in [0, 0.1) is 5.92 Å². The molecule has 5 heteroatoms. The lowest BCUT2D eigenvalue weighted by molar-refractivity contribution is 0.0942. The van der Waals surface area contributed by atoms with Gasteiger partial charge in [0.25, 0.3) is 5.91 Å². The van der Waals surface area contributed by atoms with E-state index in [1.165, 1.54) is 12.8 Å². The molecule has 1 atom stereocenters. The lowest BCUT2D eigenvalue weighted by Gasteiger charge is -2.23. The first-order valence-corrected chi connectivity index (χ1v) is 8.29. The van der Waals surface area contributed by atoms with Crippen molar-refractivity contribution in [3.63, 3.8) is 0 Å². The molecule has 21 heavy (non-hydrogen) atoms. The predicted molar refractivity (Wildman–Crippen MR) is 92.6 cm³/mol. The molecule has 1 aliphatic heterocycles. The first-order chi connectivity index (χ1) is 9.66. The van der Waals surface area contributed by atoms with Crippen molar-refractivity contribution in [3.05, 3.63) is 29.8 Å². The molecule has 0 aromatic heterocycles.